The monoisotopic (exact) mass is 160 g/mol. The van der Waals surface area contributed by atoms with Crippen molar-refractivity contribution in [3.8, 4) is 0 Å². The summed E-state index contributed by atoms with van der Waals surface area (Å²) in [5.41, 5.74) is 0. The number of rotatable bonds is 2. The zero-order chi connectivity index (χ0) is 8.43. The van der Waals surface area contributed by atoms with E-state index < -0.39 is 10.7 Å². The fraction of sp³-hybridized carbons (Fsp3) is 0.333. The molecule has 0 bridgehead atoms. The van der Waals surface area contributed by atoms with Gasteiger partial charge in [-0.2, -0.15) is 0 Å². The van der Waals surface area contributed by atoms with Crippen molar-refractivity contribution in [3.63, 3.8) is 0 Å². The molecule has 0 aliphatic heterocycles. The quantitative estimate of drug-likeness (QED) is 0.346. The highest BCUT2D eigenvalue weighted by atomic mass is 16.8. The summed E-state index contributed by atoms with van der Waals surface area (Å²) in [6.07, 6.45) is 0. The molecule has 8 nitrogen and oxygen atoms in total. The highest BCUT2D eigenvalue weighted by Crippen LogP contribution is 2.14. The number of aromatic nitrogens is 2. The lowest BCUT2D eigenvalue weighted by atomic mass is 10.6. The molecule has 0 saturated carbocycles. The fourth-order valence-electron chi connectivity index (χ4n) is 0.564. The maximum absolute atomic E-state index is 10.5. The molecule has 0 amide bonds. The first kappa shape index (κ1) is 7.25. The van der Waals surface area contributed by atoms with Gasteiger partial charge in [-0.15, -0.1) is 0 Å². The van der Waals surface area contributed by atoms with Crippen LogP contribution in [-0.4, -0.2) is 17.1 Å². The predicted octanol–water partition coefficient (Wildman–Crippen LogP) is -0.742. The highest BCUT2D eigenvalue weighted by molar-refractivity contribution is 5.43. The van der Waals surface area contributed by atoms with Crippen LogP contribution < -0.4 is 10.2 Å². The average Bonchev–Trinajstić information content (AvgIpc) is 2.30. The van der Waals surface area contributed by atoms with Gasteiger partial charge < -0.3 is 20.0 Å². The summed E-state index contributed by atoms with van der Waals surface area (Å²) >= 11 is 0. The molecule has 1 aromatic heterocycles. The summed E-state index contributed by atoms with van der Waals surface area (Å²) in [5.74, 6) is -0.933. The van der Waals surface area contributed by atoms with Gasteiger partial charge in [0.05, 0.1) is 7.05 Å². The van der Waals surface area contributed by atoms with Crippen molar-refractivity contribution in [2.24, 2.45) is 0 Å². The lowest BCUT2D eigenvalue weighted by Gasteiger charge is -1.92. The van der Waals surface area contributed by atoms with Crippen molar-refractivity contribution in [2.45, 2.75) is 0 Å². The van der Waals surface area contributed by atoms with Gasteiger partial charge in [-0.25, -0.2) is 0 Å². The van der Waals surface area contributed by atoms with Crippen molar-refractivity contribution in [2.75, 3.05) is 12.4 Å². The summed E-state index contributed by atoms with van der Waals surface area (Å²) < 4.78 is 3.95. The van der Waals surface area contributed by atoms with Crippen molar-refractivity contribution in [1.29, 1.82) is 0 Å². The van der Waals surface area contributed by atoms with E-state index in [1.807, 2.05) is 0 Å². The summed E-state index contributed by atoms with van der Waals surface area (Å²) in [6.45, 7) is 0. The average molecular weight is 160 g/mol. The molecule has 1 N–H and O–H groups in total. The van der Waals surface area contributed by atoms with Crippen LogP contribution >= 0.6 is 0 Å². The first-order chi connectivity index (χ1) is 5.16. The number of nitrogens with one attached hydrogen (secondary N) is 1. The largest absolute Gasteiger partial charge is 0.424 e. The molecule has 0 saturated heterocycles. The Bertz CT molecular complexity index is 281. The van der Waals surface area contributed by atoms with Gasteiger partial charge in [-0.05, 0) is 4.92 Å². The second-order valence-electron chi connectivity index (χ2n) is 1.61. The minimum Gasteiger partial charge on any atom is -0.391 e. The lowest BCUT2D eigenvalue weighted by molar-refractivity contribution is -0.791. The molecule has 0 aromatic carbocycles. The highest BCUT2D eigenvalue weighted by Gasteiger charge is 2.21. The number of hydrogen-bond acceptors (Lipinski definition) is 6. The van der Waals surface area contributed by atoms with E-state index in [4.69, 9.17) is 0 Å². The van der Waals surface area contributed by atoms with E-state index in [0.29, 0.717) is 0 Å². The third kappa shape index (κ3) is 1.04. The Morgan fingerprint density at radius 1 is 1.82 bits per heavy atom. The van der Waals surface area contributed by atoms with E-state index in [1.54, 1.807) is 0 Å². The summed E-state index contributed by atoms with van der Waals surface area (Å²) in [5, 5.41) is 25.8. The summed E-state index contributed by atoms with van der Waals surface area (Å²) in [6, 6.07) is 0. The Morgan fingerprint density at radius 3 is 2.82 bits per heavy atom. The van der Waals surface area contributed by atoms with E-state index in [1.165, 1.54) is 7.05 Å². The molecule has 0 aliphatic rings. The van der Waals surface area contributed by atoms with Crippen LogP contribution in [0.3, 0.4) is 0 Å². The van der Waals surface area contributed by atoms with E-state index in [0.717, 1.165) is 0 Å². The molecule has 0 radical (unpaired) electrons. The molecule has 0 unspecified atom stereocenters. The van der Waals surface area contributed by atoms with Gasteiger partial charge in [-0.1, -0.05) is 4.90 Å². The molecular formula is C3H4N4O4. The SMILES string of the molecule is CNc1c([N+](=O)[O-])no[n+]1[O-]. The number of hydrogen-bond donors (Lipinski definition) is 1. The van der Waals surface area contributed by atoms with Crippen molar-refractivity contribution < 1.29 is 14.5 Å². The smallest absolute Gasteiger partial charge is 0.391 e. The molecule has 0 atom stereocenters. The van der Waals surface area contributed by atoms with E-state index in [9.17, 15) is 15.3 Å². The van der Waals surface area contributed by atoms with Crippen molar-refractivity contribution >= 4 is 11.6 Å². The van der Waals surface area contributed by atoms with Crippen LogP contribution in [0.15, 0.2) is 4.63 Å². The molecule has 60 valence electrons. The molecule has 1 heterocycles. The Kier molecular flexibility index (Phi) is 1.58. The van der Waals surface area contributed by atoms with Crippen molar-refractivity contribution in [1.82, 2.24) is 5.16 Å². The Labute approximate surface area is 60.1 Å². The van der Waals surface area contributed by atoms with Crippen LogP contribution in [0.4, 0.5) is 11.6 Å². The van der Waals surface area contributed by atoms with Gasteiger partial charge in [-0.3, -0.25) is 5.32 Å². The van der Waals surface area contributed by atoms with Crippen LogP contribution in [0.5, 0.6) is 0 Å². The molecular weight excluding hydrogens is 156 g/mol. The molecule has 11 heavy (non-hydrogen) atoms. The Hall–Kier alpha value is -1.86. The van der Waals surface area contributed by atoms with E-state index >= 15 is 0 Å². The predicted molar refractivity (Wildman–Crippen MR) is 31.7 cm³/mol. The molecule has 1 rings (SSSR count). The van der Waals surface area contributed by atoms with E-state index in [-0.39, 0.29) is 10.7 Å². The topological polar surface area (TPSA) is 108 Å². The van der Waals surface area contributed by atoms with Crippen LogP contribution in [0.25, 0.3) is 0 Å². The van der Waals surface area contributed by atoms with Gasteiger partial charge in [0.2, 0.25) is 0 Å². The van der Waals surface area contributed by atoms with Crippen LogP contribution in [0.2, 0.25) is 0 Å². The molecule has 0 fully saturated rings. The van der Waals surface area contributed by atoms with Crippen LogP contribution in [-0.2, 0) is 0 Å². The zero-order valence-corrected chi connectivity index (χ0v) is 5.47. The van der Waals surface area contributed by atoms with Gasteiger partial charge in [0.15, 0.2) is 0 Å². The molecule has 1 aromatic rings. The third-order valence-corrected chi connectivity index (χ3v) is 1.01. The zero-order valence-electron chi connectivity index (χ0n) is 5.47. The van der Waals surface area contributed by atoms with Gasteiger partial charge >= 0.3 is 11.6 Å². The minimum atomic E-state index is -0.816. The van der Waals surface area contributed by atoms with Gasteiger partial charge in [0.1, 0.15) is 0 Å². The Balaban J connectivity index is 3.15. The van der Waals surface area contributed by atoms with Gasteiger partial charge in [0, 0.05) is 5.16 Å². The second kappa shape index (κ2) is 2.40. The summed E-state index contributed by atoms with van der Waals surface area (Å²) in [4.78, 5) is 9.20. The number of nitrogens with zero attached hydrogens (tertiary/aromatic N) is 3. The maximum Gasteiger partial charge on any atom is 0.424 e. The summed E-state index contributed by atoms with van der Waals surface area (Å²) in [7, 11) is 1.36. The second-order valence-corrected chi connectivity index (χ2v) is 1.61. The fourth-order valence-corrected chi connectivity index (χ4v) is 0.564. The first-order valence-electron chi connectivity index (χ1n) is 2.58. The lowest BCUT2D eigenvalue weighted by Crippen LogP contribution is -2.26. The number of anilines is 1. The molecule has 0 spiro atoms. The first-order valence-corrected chi connectivity index (χ1v) is 2.58. The standard InChI is InChI=1S/C3H4N4O4/c1-4-2-3(6(8)9)5-11-7(2)10/h4H,1H3. The minimum absolute atomic E-state index is 0.0713. The third-order valence-electron chi connectivity index (χ3n) is 1.01. The Morgan fingerprint density at radius 2 is 2.45 bits per heavy atom. The normalized spacial score (nSPS) is 9.55. The molecule has 0 aliphatic carbocycles. The molecule has 8 heteroatoms. The van der Waals surface area contributed by atoms with Crippen LogP contribution in [0.1, 0.15) is 0 Å². The van der Waals surface area contributed by atoms with Crippen LogP contribution in [0, 0.1) is 15.3 Å². The van der Waals surface area contributed by atoms with E-state index in [2.05, 4.69) is 15.1 Å². The van der Waals surface area contributed by atoms with Gasteiger partial charge in [0.25, 0.3) is 0 Å². The number of nitro groups is 1. The maximum atomic E-state index is 10.5. The van der Waals surface area contributed by atoms with Crippen molar-refractivity contribution in [3.05, 3.63) is 15.3 Å².